The Morgan fingerprint density at radius 2 is 2.07 bits per heavy atom. The minimum atomic E-state index is 0.132. The average molecular weight is 391 g/mol. The van der Waals surface area contributed by atoms with E-state index in [4.69, 9.17) is 14.6 Å². The highest BCUT2D eigenvalue weighted by Crippen LogP contribution is 2.50. The molecule has 2 fully saturated rings. The van der Waals surface area contributed by atoms with Crippen LogP contribution in [0, 0.1) is 5.41 Å². The molecule has 1 saturated carbocycles. The second-order valence-corrected chi connectivity index (χ2v) is 10.0. The van der Waals surface area contributed by atoms with E-state index < -0.39 is 0 Å². The molecule has 1 spiro atoms. The molecule has 158 valence electrons. The first-order valence-electron chi connectivity index (χ1n) is 11.0. The minimum Gasteiger partial charge on any atom is -0.374 e. The molecule has 1 saturated heterocycles. The predicted molar refractivity (Wildman–Crippen MR) is 110 cm³/mol. The third-order valence-electron chi connectivity index (χ3n) is 6.90. The smallest absolute Gasteiger partial charge is 0.0888 e. The molecule has 0 atom stereocenters. The van der Waals surface area contributed by atoms with Gasteiger partial charge in [-0.1, -0.05) is 13.8 Å². The van der Waals surface area contributed by atoms with Crippen molar-refractivity contribution in [3.63, 3.8) is 0 Å². The molecule has 1 N–H and O–H groups in total. The molecule has 28 heavy (non-hydrogen) atoms. The molecule has 2 aliphatic heterocycles. The fourth-order valence-electron chi connectivity index (χ4n) is 5.52. The molecule has 6 heteroatoms. The van der Waals surface area contributed by atoms with Crippen LogP contribution in [0.25, 0.3) is 0 Å². The first-order chi connectivity index (χ1) is 13.4. The first-order valence-corrected chi connectivity index (χ1v) is 11.0. The van der Waals surface area contributed by atoms with Crippen molar-refractivity contribution in [3.8, 4) is 0 Å². The lowest BCUT2D eigenvalue weighted by Crippen LogP contribution is -2.34. The van der Waals surface area contributed by atoms with Crippen LogP contribution in [-0.4, -0.2) is 60.7 Å². The van der Waals surface area contributed by atoms with E-state index >= 15 is 0 Å². The largest absolute Gasteiger partial charge is 0.374 e. The van der Waals surface area contributed by atoms with Crippen molar-refractivity contribution >= 4 is 0 Å². The molecule has 1 aromatic rings. The molecule has 6 nitrogen and oxygen atoms in total. The normalized spacial score (nSPS) is 29.5. The van der Waals surface area contributed by atoms with Gasteiger partial charge in [-0.3, -0.25) is 9.58 Å². The Bertz CT molecular complexity index is 676. The molecule has 4 rings (SSSR count). The summed E-state index contributed by atoms with van der Waals surface area (Å²) in [5.74, 6) is 0.594. The Hall–Kier alpha value is -0.950. The highest BCUT2D eigenvalue weighted by Gasteiger charge is 2.47. The molecular formula is C22H38N4O2. The molecule has 0 radical (unpaired) electrons. The maximum Gasteiger partial charge on any atom is 0.0888 e. The second-order valence-electron chi connectivity index (χ2n) is 10.0. The van der Waals surface area contributed by atoms with Crippen molar-refractivity contribution in [1.82, 2.24) is 20.0 Å². The Kier molecular flexibility index (Phi) is 5.85. The van der Waals surface area contributed by atoms with Gasteiger partial charge < -0.3 is 14.8 Å². The Morgan fingerprint density at radius 3 is 2.75 bits per heavy atom. The number of ether oxygens (including phenoxy) is 2. The summed E-state index contributed by atoms with van der Waals surface area (Å²) in [7, 11) is 4.20. The van der Waals surface area contributed by atoms with E-state index in [1.165, 1.54) is 49.1 Å². The zero-order chi connectivity index (χ0) is 19.8. The van der Waals surface area contributed by atoms with Crippen LogP contribution in [0.15, 0.2) is 0 Å². The van der Waals surface area contributed by atoms with Crippen molar-refractivity contribution in [1.29, 1.82) is 0 Å². The van der Waals surface area contributed by atoms with E-state index in [9.17, 15) is 0 Å². The van der Waals surface area contributed by atoms with Crippen LogP contribution in [0.1, 0.15) is 68.8 Å². The van der Waals surface area contributed by atoms with E-state index in [1.807, 2.05) is 7.05 Å². The van der Waals surface area contributed by atoms with E-state index in [-0.39, 0.29) is 5.60 Å². The van der Waals surface area contributed by atoms with Crippen LogP contribution >= 0.6 is 0 Å². The monoisotopic (exact) mass is 390 g/mol. The third-order valence-corrected chi connectivity index (χ3v) is 6.90. The van der Waals surface area contributed by atoms with Gasteiger partial charge in [-0.05, 0) is 57.5 Å². The highest BCUT2D eigenvalue weighted by atomic mass is 16.5. The third kappa shape index (κ3) is 4.16. The van der Waals surface area contributed by atoms with Gasteiger partial charge in [0.15, 0.2) is 0 Å². The van der Waals surface area contributed by atoms with Gasteiger partial charge in [-0.25, -0.2) is 0 Å². The lowest BCUT2D eigenvalue weighted by Gasteiger charge is -2.37. The van der Waals surface area contributed by atoms with Crippen LogP contribution in [0.4, 0.5) is 0 Å². The van der Waals surface area contributed by atoms with Gasteiger partial charge in [-0.2, -0.15) is 5.10 Å². The molecule has 3 aliphatic rings. The van der Waals surface area contributed by atoms with Crippen LogP contribution in [0.5, 0.6) is 0 Å². The summed E-state index contributed by atoms with van der Waals surface area (Å²) in [5, 5.41) is 8.27. The number of aromatic nitrogens is 2. The molecule has 0 amide bonds. The van der Waals surface area contributed by atoms with Crippen molar-refractivity contribution in [2.24, 2.45) is 5.41 Å². The summed E-state index contributed by atoms with van der Waals surface area (Å²) in [6.45, 7) is 10.9. The second kappa shape index (κ2) is 8.05. The summed E-state index contributed by atoms with van der Waals surface area (Å²) in [6.07, 6.45) is 5.99. The minimum absolute atomic E-state index is 0.132. The van der Waals surface area contributed by atoms with Crippen LogP contribution in [0.2, 0.25) is 0 Å². The number of fused-ring (bicyclic) bond motifs is 1. The highest BCUT2D eigenvalue weighted by molar-refractivity contribution is 5.32. The summed E-state index contributed by atoms with van der Waals surface area (Å²) in [5.41, 5.74) is 4.55. The van der Waals surface area contributed by atoms with Gasteiger partial charge in [0.25, 0.3) is 0 Å². The number of rotatable bonds is 6. The lowest BCUT2D eigenvalue weighted by atomic mass is 9.71. The summed E-state index contributed by atoms with van der Waals surface area (Å²) in [6, 6.07) is 0. The number of nitrogens with one attached hydrogen (secondary N) is 1. The van der Waals surface area contributed by atoms with Crippen LogP contribution in [-0.2, 0) is 29.2 Å². The van der Waals surface area contributed by atoms with Crippen molar-refractivity contribution in [2.45, 2.75) is 77.2 Å². The SMILES string of the molecule is CNCCN(C)Cc1nn2c(c1[C@H]1CC[C@]3(CC1)CC(C)(C)CO3)COCC2. The van der Waals surface area contributed by atoms with Gasteiger partial charge in [0, 0.05) is 25.2 Å². The van der Waals surface area contributed by atoms with E-state index in [0.717, 1.165) is 39.4 Å². The maximum atomic E-state index is 6.35. The number of likely N-dealkylation sites (N-methyl/N-ethyl adjacent to an activating group) is 2. The van der Waals surface area contributed by atoms with Gasteiger partial charge in [0.2, 0.25) is 0 Å². The summed E-state index contributed by atoms with van der Waals surface area (Å²) in [4.78, 5) is 2.38. The fraction of sp³-hybridized carbons (Fsp3) is 0.864. The summed E-state index contributed by atoms with van der Waals surface area (Å²) < 4.78 is 14.4. The van der Waals surface area contributed by atoms with E-state index in [2.05, 4.69) is 35.8 Å². The Morgan fingerprint density at radius 1 is 1.29 bits per heavy atom. The molecule has 0 bridgehead atoms. The van der Waals surface area contributed by atoms with Gasteiger partial charge in [-0.15, -0.1) is 0 Å². The lowest BCUT2D eigenvalue weighted by molar-refractivity contribution is -0.0296. The zero-order valence-corrected chi connectivity index (χ0v) is 18.2. The quantitative estimate of drug-likeness (QED) is 0.809. The van der Waals surface area contributed by atoms with Crippen molar-refractivity contribution in [3.05, 3.63) is 17.0 Å². The topological polar surface area (TPSA) is 51.6 Å². The van der Waals surface area contributed by atoms with E-state index in [0.29, 0.717) is 17.9 Å². The Labute approximate surface area is 169 Å². The van der Waals surface area contributed by atoms with Crippen molar-refractivity contribution < 1.29 is 9.47 Å². The average Bonchev–Trinajstić information content (AvgIpc) is 3.17. The first kappa shape index (κ1) is 20.3. The van der Waals surface area contributed by atoms with Gasteiger partial charge >= 0.3 is 0 Å². The Balaban J connectivity index is 1.51. The van der Waals surface area contributed by atoms with Gasteiger partial charge in [0.05, 0.1) is 43.4 Å². The molecule has 0 aromatic carbocycles. The molecule has 1 aliphatic carbocycles. The van der Waals surface area contributed by atoms with Crippen LogP contribution in [0.3, 0.4) is 0 Å². The molecule has 1 aromatic heterocycles. The summed E-state index contributed by atoms with van der Waals surface area (Å²) >= 11 is 0. The molecule has 0 unspecified atom stereocenters. The fourth-order valence-corrected chi connectivity index (χ4v) is 5.52. The molecular weight excluding hydrogens is 352 g/mol. The number of hydrogen-bond acceptors (Lipinski definition) is 5. The van der Waals surface area contributed by atoms with Gasteiger partial charge in [0.1, 0.15) is 0 Å². The van der Waals surface area contributed by atoms with E-state index in [1.54, 1.807) is 0 Å². The predicted octanol–water partition coefficient (Wildman–Crippen LogP) is 2.91. The standard InChI is InChI=1S/C22H38N4O2/c1-21(2)15-22(28-16-21)7-5-17(6-8-22)20-18(13-25(4)10-9-23-3)24-26-11-12-27-14-19(20)26/h17,23H,5-16H2,1-4H3/t17-,22-. The molecule has 3 heterocycles. The maximum absolute atomic E-state index is 6.35. The number of hydrogen-bond donors (Lipinski definition) is 1. The zero-order valence-electron chi connectivity index (χ0n) is 18.2. The van der Waals surface area contributed by atoms with Crippen LogP contribution < -0.4 is 5.32 Å². The number of nitrogens with zero attached hydrogens (tertiary/aromatic N) is 3. The van der Waals surface area contributed by atoms with Crippen molar-refractivity contribution in [2.75, 3.05) is 40.4 Å².